The van der Waals surface area contributed by atoms with Crippen LogP contribution < -0.4 is 20.1 Å². The summed E-state index contributed by atoms with van der Waals surface area (Å²) in [7, 11) is 1.46. The molecule has 0 saturated carbocycles. The molecule has 2 heterocycles. The molecule has 1 saturated heterocycles. The molecule has 4 rings (SSSR count). The lowest BCUT2D eigenvalue weighted by atomic mass is 10.2. The summed E-state index contributed by atoms with van der Waals surface area (Å²) in [5.74, 6) is -0.182. The monoisotopic (exact) mass is 489 g/mol. The van der Waals surface area contributed by atoms with E-state index in [2.05, 4.69) is 15.6 Å². The summed E-state index contributed by atoms with van der Waals surface area (Å²) in [6, 6.07) is 15.2. The average Bonchev–Trinajstić information content (AvgIpc) is 3.13. The Morgan fingerprint density at radius 3 is 2.56 bits per heavy atom. The standard InChI is InChI=1S/C24H19N5O7/c1-35-20-5-3-2-4-18(20)26-21(30)14-28-23(31)19(27-24(28)32)12-15-6-9-17(10-7-15)36-22-11-8-16(13-25-22)29(33)34/h2-13H,14H2,1H3,(H,26,30)(H,27,32)/b19-12+. The van der Waals surface area contributed by atoms with Crippen LogP contribution in [0.25, 0.3) is 6.08 Å². The van der Waals surface area contributed by atoms with Gasteiger partial charge < -0.3 is 20.1 Å². The van der Waals surface area contributed by atoms with Crippen LogP contribution in [0.15, 0.2) is 72.6 Å². The van der Waals surface area contributed by atoms with Crippen molar-refractivity contribution in [1.82, 2.24) is 15.2 Å². The maximum Gasteiger partial charge on any atom is 0.329 e. The second kappa shape index (κ2) is 10.3. The molecule has 0 radical (unpaired) electrons. The van der Waals surface area contributed by atoms with Gasteiger partial charge in [0.1, 0.15) is 29.9 Å². The van der Waals surface area contributed by atoms with Crippen molar-refractivity contribution >= 4 is 35.3 Å². The quantitative estimate of drug-likeness (QED) is 0.211. The van der Waals surface area contributed by atoms with Gasteiger partial charge >= 0.3 is 6.03 Å². The second-order valence-corrected chi connectivity index (χ2v) is 7.41. The van der Waals surface area contributed by atoms with E-state index in [1.807, 2.05) is 0 Å². The zero-order valence-corrected chi connectivity index (χ0v) is 18.8. The topological polar surface area (TPSA) is 153 Å². The number of nitrogens with one attached hydrogen (secondary N) is 2. The van der Waals surface area contributed by atoms with Crippen LogP contribution >= 0.6 is 0 Å². The van der Waals surface area contributed by atoms with Gasteiger partial charge in [-0.2, -0.15) is 0 Å². The molecule has 1 aliphatic heterocycles. The van der Waals surface area contributed by atoms with Gasteiger partial charge in [-0.15, -0.1) is 0 Å². The molecule has 0 bridgehead atoms. The first-order chi connectivity index (χ1) is 17.3. The van der Waals surface area contributed by atoms with E-state index in [-0.39, 0.29) is 17.3 Å². The molecule has 182 valence electrons. The molecule has 36 heavy (non-hydrogen) atoms. The van der Waals surface area contributed by atoms with E-state index in [0.717, 1.165) is 11.1 Å². The number of benzene rings is 2. The number of hydrogen-bond acceptors (Lipinski definition) is 8. The van der Waals surface area contributed by atoms with Crippen LogP contribution in [0.4, 0.5) is 16.2 Å². The number of carbonyl (C=O) groups excluding carboxylic acids is 3. The molecule has 2 N–H and O–H groups in total. The number of aromatic nitrogens is 1. The highest BCUT2D eigenvalue weighted by molar-refractivity contribution is 6.16. The number of para-hydroxylation sites is 2. The summed E-state index contributed by atoms with van der Waals surface area (Å²) < 4.78 is 10.7. The molecule has 0 atom stereocenters. The molecule has 0 spiro atoms. The maximum absolute atomic E-state index is 12.7. The summed E-state index contributed by atoms with van der Waals surface area (Å²) in [4.78, 5) is 52.2. The van der Waals surface area contributed by atoms with Crippen LogP contribution in [0.3, 0.4) is 0 Å². The van der Waals surface area contributed by atoms with Gasteiger partial charge in [0.05, 0.1) is 17.7 Å². The Hall–Kier alpha value is -5.26. The average molecular weight is 489 g/mol. The number of ether oxygens (including phenoxy) is 2. The number of imide groups is 1. The number of nitro groups is 1. The Kier molecular flexibility index (Phi) is 6.86. The molecular weight excluding hydrogens is 470 g/mol. The Morgan fingerprint density at radius 1 is 1.14 bits per heavy atom. The van der Waals surface area contributed by atoms with Crippen molar-refractivity contribution in [3.63, 3.8) is 0 Å². The molecular formula is C24H19N5O7. The van der Waals surface area contributed by atoms with Crippen molar-refractivity contribution in [3.8, 4) is 17.4 Å². The number of rotatable bonds is 8. The second-order valence-electron chi connectivity index (χ2n) is 7.41. The van der Waals surface area contributed by atoms with Crippen LogP contribution in [0.2, 0.25) is 0 Å². The van der Waals surface area contributed by atoms with E-state index in [0.29, 0.717) is 22.7 Å². The van der Waals surface area contributed by atoms with Crippen LogP contribution in [0.5, 0.6) is 17.4 Å². The van der Waals surface area contributed by atoms with Crippen molar-refractivity contribution in [3.05, 3.63) is 88.2 Å². The van der Waals surface area contributed by atoms with E-state index in [1.54, 1.807) is 48.5 Å². The number of carbonyl (C=O) groups is 3. The first-order valence-corrected chi connectivity index (χ1v) is 10.5. The van der Waals surface area contributed by atoms with Gasteiger partial charge in [0.2, 0.25) is 11.8 Å². The molecule has 2 aromatic carbocycles. The number of hydrogen-bond donors (Lipinski definition) is 2. The SMILES string of the molecule is COc1ccccc1NC(=O)CN1C(=O)N/C(=C/c2ccc(Oc3ccc([N+](=O)[O-])cn3)cc2)C1=O. The van der Waals surface area contributed by atoms with Crippen LogP contribution in [-0.4, -0.2) is 46.3 Å². The highest BCUT2D eigenvalue weighted by atomic mass is 16.6. The Bertz CT molecular complexity index is 1350. The van der Waals surface area contributed by atoms with E-state index in [9.17, 15) is 24.5 Å². The van der Waals surface area contributed by atoms with Gasteiger partial charge in [0.25, 0.3) is 11.6 Å². The fourth-order valence-corrected chi connectivity index (χ4v) is 3.26. The summed E-state index contributed by atoms with van der Waals surface area (Å²) in [6.07, 6.45) is 2.55. The van der Waals surface area contributed by atoms with Gasteiger partial charge in [-0.05, 0) is 35.9 Å². The van der Waals surface area contributed by atoms with E-state index in [4.69, 9.17) is 9.47 Å². The normalized spacial score (nSPS) is 13.9. The minimum Gasteiger partial charge on any atom is -0.495 e. The lowest BCUT2D eigenvalue weighted by molar-refractivity contribution is -0.385. The van der Waals surface area contributed by atoms with Crippen molar-refractivity contribution in [2.24, 2.45) is 0 Å². The Morgan fingerprint density at radius 2 is 1.89 bits per heavy atom. The van der Waals surface area contributed by atoms with Gasteiger partial charge in [-0.3, -0.25) is 19.7 Å². The van der Waals surface area contributed by atoms with Gasteiger partial charge in [0.15, 0.2) is 0 Å². The summed E-state index contributed by atoms with van der Waals surface area (Å²) in [5, 5.41) is 15.8. The number of nitrogens with zero attached hydrogens (tertiary/aromatic N) is 3. The number of pyridine rings is 1. The fraction of sp³-hybridized carbons (Fsp3) is 0.0833. The lowest BCUT2D eigenvalue weighted by Crippen LogP contribution is -2.38. The molecule has 12 heteroatoms. The third kappa shape index (κ3) is 5.44. The predicted molar refractivity (Wildman–Crippen MR) is 127 cm³/mol. The van der Waals surface area contributed by atoms with Crippen LogP contribution in [0, 0.1) is 10.1 Å². The van der Waals surface area contributed by atoms with Crippen molar-refractivity contribution < 1.29 is 28.8 Å². The van der Waals surface area contributed by atoms with E-state index >= 15 is 0 Å². The van der Waals surface area contributed by atoms with Crippen LogP contribution in [0.1, 0.15) is 5.56 Å². The highest BCUT2D eigenvalue weighted by Crippen LogP contribution is 2.24. The van der Waals surface area contributed by atoms with E-state index in [1.165, 1.54) is 25.3 Å². The third-order valence-electron chi connectivity index (χ3n) is 4.99. The van der Waals surface area contributed by atoms with Gasteiger partial charge in [-0.25, -0.2) is 14.7 Å². The molecule has 12 nitrogen and oxygen atoms in total. The smallest absolute Gasteiger partial charge is 0.329 e. The third-order valence-corrected chi connectivity index (χ3v) is 4.99. The number of methoxy groups -OCH3 is 1. The van der Waals surface area contributed by atoms with Crippen molar-refractivity contribution in [2.45, 2.75) is 0 Å². The van der Waals surface area contributed by atoms with Gasteiger partial charge in [0, 0.05) is 12.1 Å². The largest absolute Gasteiger partial charge is 0.495 e. The number of urea groups is 1. The molecule has 3 aromatic rings. The maximum atomic E-state index is 12.7. The summed E-state index contributed by atoms with van der Waals surface area (Å²) in [6.45, 7) is -0.477. The molecule has 1 aromatic heterocycles. The first kappa shape index (κ1) is 23.9. The minimum absolute atomic E-state index is 0.01000. The fourth-order valence-electron chi connectivity index (χ4n) is 3.26. The predicted octanol–water partition coefficient (Wildman–Crippen LogP) is 3.32. The molecule has 0 unspecified atom stereocenters. The van der Waals surface area contributed by atoms with Gasteiger partial charge in [-0.1, -0.05) is 24.3 Å². The first-order valence-electron chi connectivity index (χ1n) is 10.5. The number of anilines is 1. The molecule has 0 aliphatic carbocycles. The highest BCUT2D eigenvalue weighted by Gasteiger charge is 2.35. The number of amides is 4. The van der Waals surface area contributed by atoms with Crippen molar-refractivity contribution in [1.29, 1.82) is 0 Å². The minimum atomic E-state index is -0.717. The molecule has 1 fully saturated rings. The van der Waals surface area contributed by atoms with Crippen LogP contribution in [-0.2, 0) is 9.59 Å². The Balaban J connectivity index is 1.39. The van der Waals surface area contributed by atoms with Crippen molar-refractivity contribution in [2.75, 3.05) is 19.0 Å². The van der Waals surface area contributed by atoms with E-state index < -0.39 is 29.3 Å². The lowest BCUT2D eigenvalue weighted by Gasteiger charge is -2.13. The zero-order chi connectivity index (χ0) is 25.7. The zero-order valence-electron chi connectivity index (χ0n) is 18.8. The molecule has 4 amide bonds. The summed E-state index contributed by atoms with van der Waals surface area (Å²) >= 11 is 0. The Labute approximate surface area is 204 Å². The molecule has 1 aliphatic rings. The summed E-state index contributed by atoms with van der Waals surface area (Å²) in [5.41, 5.74) is 0.858.